The molecule has 2 aromatic carbocycles. The van der Waals surface area contributed by atoms with Crippen molar-refractivity contribution in [1.29, 1.82) is 0 Å². The number of hydrogen-bond acceptors (Lipinski definition) is 2. The van der Waals surface area contributed by atoms with Crippen LogP contribution in [0, 0.1) is 5.92 Å². The molecule has 0 saturated heterocycles. The fourth-order valence-electron chi connectivity index (χ4n) is 2.77. The quantitative estimate of drug-likeness (QED) is 0.653. The van der Waals surface area contributed by atoms with Crippen LogP contribution in [0.15, 0.2) is 60.7 Å². The summed E-state index contributed by atoms with van der Waals surface area (Å²) in [6.45, 7) is 4.24. The molecule has 2 N–H and O–H groups in total. The van der Waals surface area contributed by atoms with E-state index in [2.05, 4.69) is 29.1 Å². The molecule has 0 spiro atoms. The highest BCUT2D eigenvalue weighted by Crippen LogP contribution is 2.24. The Morgan fingerprint density at radius 1 is 1.16 bits per heavy atom. The Labute approximate surface area is 148 Å². The smallest absolute Gasteiger partial charge is 0.244 e. The molecule has 128 valence electrons. The lowest BCUT2D eigenvalue weighted by Crippen LogP contribution is -2.32. The topological polar surface area (TPSA) is 57.8 Å². The second-order valence-corrected chi connectivity index (χ2v) is 6.26. The maximum absolute atomic E-state index is 12.4. The van der Waals surface area contributed by atoms with Crippen LogP contribution in [0.5, 0.6) is 0 Å². The van der Waals surface area contributed by atoms with Crippen molar-refractivity contribution >= 4 is 23.0 Å². The molecule has 2 atom stereocenters. The summed E-state index contributed by atoms with van der Waals surface area (Å²) in [6.07, 6.45) is 4.35. The Hall–Kier alpha value is -2.88. The standard InChI is InChI=1S/C21H23N3O/c1-3-15(2)20(21-22-17-11-7-8-12-18(17)23-21)24-19(25)14-13-16-9-5-4-6-10-16/h4-15,20H,3H2,1-2H3,(H,22,23)(H,24,25). The lowest BCUT2D eigenvalue weighted by Gasteiger charge is -2.21. The predicted octanol–water partition coefficient (Wildman–Crippen LogP) is 4.48. The first-order valence-corrected chi connectivity index (χ1v) is 8.65. The maximum atomic E-state index is 12.4. The SMILES string of the molecule is CCC(C)C(NC(=O)C=Cc1ccccc1)c1nc2ccccc2[nH]1. The summed E-state index contributed by atoms with van der Waals surface area (Å²) in [7, 11) is 0. The fourth-order valence-corrected chi connectivity index (χ4v) is 2.77. The normalized spacial score (nSPS) is 13.8. The number of aromatic nitrogens is 2. The number of hydrogen-bond donors (Lipinski definition) is 2. The highest BCUT2D eigenvalue weighted by Gasteiger charge is 2.22. The highest BCUT2D eigenvalue weighted by atomic mass is 16.1. The van der Waals surface area contributed by atoms with Crippen LogP contribution in [0.3, 0.4) is 0 Å². The average molecular weight is 333 g/mol. The van der Waals surface area contributed by atoms with Gasteiger partial charge in [0.15, 0.2) is 0 Å². The number of fused-ring (bicyclic) bond motifs is 1. The van der Waals surface area contributed by atoms with E-state index in [1.165, 1.54) is 0 Å². The van der Waals surface area contributed by atoms with E-state index in [-0.39, 0.29) is 17.9 Å². The van der Waals surface area contributed by atoms with Crippen LogP contribution in [-0.4, -0.2) is 15.9 Å². The van der Waals surface area contributed by atoms with Crippen molar-refractivity contribution < 1.29 is 4.79 Å². The number of H-pyrrole nitrogens is 1. The Morgan fingerprint density at radius 2 is 1.88 bits per heavy atom. The summed E-state index contributed by atoms with van der Waals surface area (Å²) in [4.78, 5) is 20.4. The minimum absolute atomic E-state index is 0.116. The Morgan fingerprint density at radius 3 is 2.60 bits per heavy atom. The second-order valence-electron chi connectivity index (χ2n) is 6.26. The number of carbonyl (C=O) groups excluding carboxylic acids is 1. The van der Waals surface area contributed by atoms with Gasteiger partial charge in [0.1, 0.15) is 5.82 Å². The summed E-state index contributed by atoms with van der Waals surface area (Å²) >= 11 is 0. The van der Waals surface area contributed by atoms with E-state index in [4.69, 9.17) is 0 Å². The minimum Gasteiger partial charge on any atom is -0.342 e. The van der Waals surface area contributed by atoms with Gasteiger partial charge in [-0.3, -0.25) is 4.79 Å². The molecule has 0 saturated carbocycles. The van der Waals surface area contributed by atoms with E-state index in [1.807, 2.05) is 60.7 Å². The molecule has 0 aliphatic rings. The van der Waals surface area contributed by atoms with Crippen molar-refractivity contribution in [3.05, 3.63) is 72.1 Å². The van der Waals surface area contributed by atoms with Crippen molar-refractivity contribution in [3.63, 3.8) is 0 Å². The minimum atomic E-state index is -0.148. The van der Waals surface area contributed by atoms with Crippen LogP contribution in [0.1, 0.15) is 37.7 Å². The van der Waals surface area contributed by atoms with E-state index in [0.29, 0.717) is 0 Å². The maximum Gasteiger partial charge on any atom is 0.244 e. The molecule has 0 aliphatic heterocycles. The van der Waals surface area contributed by atoms with E-state index >= 15 is 0 Å². The zero-order valence-corrected chi connectivity index (χ0v) is 14.6. The fraction of sp³-hybridized carbons (Fsp3) is 0.238. The third-order valence-electron chi connectivity index (χ3n) is 4.44. The van der Waals surface area contributed by atoms with Crippen LogP contribution in [0.25, 0.3) is 17.1 Å². The molecule has 3 rings (SSSR count). The molecule has 4 nitrogen and oxygen atoms in total. The first-order chi connectivity index (χ1) is 12.2. The van der Waals surface area contributed by atoms with Crippen LogP contribution >= 0.6 is 0 Å². The van der Waals surface area contributed by atoms with Gasteiger partial charge in [0.25, 0.3) is 0 Å². The number of para-hydroxylation sites is 2. The summed E-state index contributed by atoms with van der Waals surface area (Å²) in [5.41, 5.74) is 2.90. The molecule has 1 aromatic heterocycles. The first kappa shape index (κ1) is 17.0. The van der Waals surface area contributed by atoms with Crippen molar-refractivity contribution in [2.45, 2.75) is 26.3 Å². The van der Waals surface area contributed by atoms with Gasteiger partial charge in [-0.15, -0.1) is 0 Å². The summed E-state index contributed by atoms with van der Waals surface area (Å²) in [5, 5.41) is 3.10. The molecule has 25 heavy (non-hydrogen) atoms. The van der Waals surface area contributed by atoms with Gasteiger partial charge in [-0.25, -0.2) is 4.98 Å². The number of nitrogens with zero attached hydrogens (tertiary/aromatic N) is 1. The lowest BCUT2D eigenvalue weighted by atomic mass is 9.98. The van der Waals surface area contributed by atoms with Crippen molar-refractivity contribution in [1.82, 2.24) is 15.3 Å². The van der Waals surface area contributed by atoms with E-state index < -0.39 is 0 Å². The first-order valence-electron chi connectivity index (χ1n) is 8.65. The molecule has 1 heterocycles. The lowest BCUT2D eigenvalue weighted by molar-refractivity contribution is -0.117. The van der Waals surface area contributed by atoms with Gasteiger partial charge in [-0.1, -0.05) is 62.7 Å². The van der Waals surface area contributed by atoms with Crippen molar-refractivity contribution in [3.8, 4) is 0 Å². The van der Waals surface area contributed by atoms with Gasteiger partial charge in [-0.2, -0.15) is 0 Å². The second kappa shape index (κ2) is 7.79. The Balaban J connectivity index is 1.79. The molecule has 0 bridgehead atoms. The summed E-state index contributed by atoms with van der Waals surface area (Å²) < 4.78 is 0. The Kier molecular flexibility index (Phi) is 5.29. The molecule has 3 aromatic rings. The molecule has 0 fully saturated rings. The number of carbonyl (C=O) groups is 1. The van der Waals surface area contributed by atoms with E-state index in [1.54, 1.807) is 6.08 Å². The predicted molar refractivity (Wildman–Crippen MR) is 102 cm³/mol. The molecule has 0 radical (unpaired) electrons. The van der Waals surface area contributed by atoms with Crippen LogP contribution in [0.2, 0.25) is 0 Å². The zero-order valence-electron chi connectivity index (χ0n) is 14.6. The van der Waals surface area contributed by atoms with Gasteiger partial charge in [0.05, 0.1) is 17.1 Å². The number of imidazole rings is 1. The number of aromatic amines is 1. The van der Waals surface area contributed by atoms with Gasteiger partial charge >= 0.3 is 0 Å². The molecule has 4 heteroatoms. The molecule has 2 unspecified atom stereocenters. The van der Waals surface area contributed by atoms with E-state index in [9.17, 15) is 4.79 Å². The van der Waals surface area contributed by atoms with E-state index in [0.717, 1.165) is 28.8 Å². The van der Waals surface area contributed by atoms with Crippen molar-refractivity contribution in [2.24, 2.45) is 5.92 Å². The van der Waals surface area contributed by atoms with Gasteiger partial charge in [-0.05, 0) is 29.7 Å². The highest BCUT2D eigenvalue weighted by molar-refractivity contribution is 5.92. The molecule has 1 amide bonds. The average Bonchev–Trinajstić information content (AvgIpc) is 3.08. The third-order valence-corrected chi connectivity index (χ3v) is 4.44. The van der Waals surface area contributed by atoms with Gasteiger partial charge < -0.3 is 10.3 Å². The number of benzene rings is 2. The molecule has 0 aliphatic carbocycles. The largest absolute Gasteiger partial charge is 0.342 e. The molecular weight excluding hydrogens is 310 g/mol. The third kappa shape index (κ3) is 4.15. The number of nitrogens with one attached hydrogen (secondary N) is 2. The number of rotatable bonds is 6. The monoisotopic (exact) mass is 333 g/mol. The zero-order chi connectivity index (χ0) is 17.6. The number of amides is 1. The molecular formula is C21H23N3O. The van der Waals surface area contributed by atoms with Crippen LogP contribution in [-0.2, 0) is 4.79 Å². The van der Waals surface area contributed by atoms with Crippen LogP contribution < -0.4 is 5.32 Å². The van der Waals surface area contributed by atoms with Crippen LogP contribution in [0.4, 0.5) is 0 Å². The van der Waals surface area contributed by atoms with Crippen molar-refractivity contribution in [2.75, 3.05) is 0 Å². The summed E-state index contributed by atoms with van der Waals surface area (Å²) in [6, 6.07) is 17.6. The van der Waals surface area contributed by atoms with Gasteiger partial charge in [0, 0.05) is 6.08 Å². The van der Waals surface area contributed by atoms with Gasteiger partial charge in [0.2, 0.25) is 5.91 Å². The summed E-state index contributed by atoms with van der Waals surface area (Å²) in [5.74, 6) is 0.959. The Bertz CT molecular complexity index is 834.